The van der Waals surface area contributed by atoms with Crippen LogP contribution in [0, 0.1) is 0 Å². The van der Waals surface area contributed by atoms with Crippen LogP contribution < -0.4 is 4.90 Å². The van der Waals surface area contributed by atoms with E-state index in [0.29, 0.717) is 11.3 Å². The Hall–Kier alpha value is -0.550. The highest BCUT2D eigenvalue weighted by molar-refractivity contribution is 8.00. The molecule has 1 aromatic heterocycles. The van der Waals surface area contributed by atoms with Gasteiger partial charge in [0.15, 0.2) is 10.9 Å². The van der Waals surface area contributed by atoms with Crippen molar-refractivity contribution < 1.29 is 4.79 Å². The molecule has 0 N–H and O–H groups in total. The predicted octanol–water partition coefficient (Wildman–Crippen LogP) is 2.68. The van der Waals surface area contributed by atoms with Crippen molar-refractivity contribution in [2.75, 3.05) is 17.2 Å². The number of rotatable bonds is 2. The molecule has 0 spiro atoms. The molecule has 88 valence electrons. The number of hydrogen-bond donors (Lipinski definition) is 0. The Morgan fingerprint density at radius 3 is 2.94 bits per heavy atom. The Morgan fingerprint density at radius 2 is 2.31 bits per heavy atom. The van der Waals surface area contributed by atoms with E-state index in [1.807, 2.05) is 11.8 Å². The lowest BCUT2D eigenvalue weighted by atomic mass is 10.2. The molecule has 2 rings (SSSR count). The highest BCUT2D eigenvalue weighted by Gasteiger charge is 2.27. The van der Waals surface area contributed by atoms with E-state index in [-0.39, 0.29) is 5.78 Å². The number of nitrogens with zero attached hydrogens (tertiary/aromatic N) is 2. The SMILES string of the molecule is CC(=O)c1cnc(N2CCSC(C)C2C)s1. The Morgan fingerprint density at radius 1 is 1.56 bits per heavy atom. The average Bonchev–Trinajstić information content (AvgIpc) is 2.71. The van der Waals surface area contributed by atoms with Crippen LogP contribution in [0.25, 0.3) is 0 Å². The molecule has 0 aromatic carbocycles. The minimum absolute atomic E-state index is 0.107. The predicted molar refractivity (Wildman–Crippen MR) is 70.8 cm³/mol. The maximum absolute atomic E-state index is 11.2. The van der Waals surface area contributed by atoms with Crippen molar-refractivity contribution in [2.24, 2.45) is 0 Å². The van der Waals surface area contributed by atoms with Gasteiger partial charge in [-0.05, 0) is 6.92 Å². The fraction of sp³-hybridized carbons (Fsp3) is 0.636. The second kappa shape index (κ2) is 4.75. The summed E-state index contributed by atoms with van der Waals surface area (Å²) >= 11 is 3.52. The number of hydrogen-bond acceptors (Lipinski definition) is 5. The molecule has 5 heteroatoms. The Kier molecular flexibility index (Phi) is 3.54. The fourth-order valence-corrected chi connectivity index (χ4v) is 3.79. The first-order valence-electron chi connectivity index (χ1n) is 5.44. The normalized spacial score (nSPS) is 25.8. The third kappa shape index (κ3) is 2.25. The topological polar surface area (TPSA) is 33.2 Å². The summed E-state index contributed by atoms with van der Waals surface area (Å²) in [5.41, 5.74) is 0. The molecule has 2 unspecified atom stereocenters. The lowest BCUT2D eigenvalue weighted by Crippen LogP contribution is -2.44. The van der Waals surface area contributed by atoms with Gasteiger partial charge in [-0.15, -0.1) is 0 Å². The van der Waals surface area contributed by atoms with E-state index in [0.717, 1.165) is 22.3 Å². The summed E-state index contributed by atoms with van der Waals surface area (Å²) < 4.78 is 0. The van der Waals surface area contributed by atoms with Crippen molar-refractivity contribution in [3.63, 3.8) is 0 Å². The molecule has 0 aliphatic carbocycles. The molecule has 0 bridgehead atoms. The van der Waals surface area contributed by atoms with Gasteiger partial charge in [0.25, 0.3) is 0 Å². The molecule has 3 nitrogen and oxygen atoms in total. The molecule has 16 heavy (non-hydrogen) atoms. The van der Waals surface area contributed by atoms with E-state index in [2.05, 4.69) is 23.7 Å². The second-order valence-electron chi connectivity index (χ2n) is 4.07. The molecular formula is C11H16N2OS2. The quantitative estimate of drug-likeness (QED) is 0.762. The van der Waals surface area contributed by atoms with Gasteiger partial charge >= 0.3 is 0 Å². The molecule has 0 saturated carbocycles. The van der Waals surface area contributed by atoms with Gasteiger partial charge in [0, 0.05) is 30.5 Å². The maximum Gasteiger partial charge on any atom is 0.186 e. The van der Waals surface area contributed by atoms with Gasteiger partial charge in [-0.25, -0.2) is 4.98 Å². The van der Waals surface area contributed by atoms with E-state index in [1.165, 1.54) is 11.3 Å². The number of thiazole rings is 1. The zero-order valence-corrected chi connectivity index (χ0v) is 11.4. The molecule has 0 radical (unpaired) electrons. The largest absolute Gasteiger partial charge is 0.343 e. The summed E-state index contributed by atoms with van der Waals surface area (Å²) in [6.45, 7) is 7.10. The van der Waals surface area contributed by atoms with Crippen molar-refractivity contribution in [3.05, 3.63) is 11.1 Å². The van der Waals surface area contributed by atoms with Crippen molar-refractivity contribution in [1.29, 1.82) is 0 Å². The number of Topliss-reactive ketones (excluding diaryl/α,β-unsaturated/α-hetero) is 1. The highest BCUT2D eigenvalue weighted by Crippen LogP contribution is 2.31. The summed E-state index contributed by atoms with van der Waals surface area (Å²) in [5.74, 6) is 1.25. The minimum Gasteiger partial charge on any atom is -0.343 e. The number of anilines is 1. The molecule has 1 aliphatic rings. The first kappa shape index (κ1) is 11.9. The third-order valence-electron chi connectivity index (χ3n) is 2.97. The number of carbonyl (C=O) groups excluding carboxylic acids is 1. The second-order valence-corrected chi connectivity index (χ2v) is 6.57. The van der Waals surface area contributed by atoms with Crippen LogP contribution in [0.3, 0.4) is 0 Å². The molecule has 1 aromatic rings. The standard InChI is InChI=1S/C11H16N2OS2/c1-7-9(3)15-5-4-13(7)11-12-6-10(16-11)8(2)14/h6-7,9H,4-5H2,1-3H3. The van der Waals surface area contributed by atoms with Crippen molar-refractivity contribution in [1.82, 2.24) is 4.98 Å². The van der Waals surface area contributed by atoms with E-state index in [9.17, 15) is 4.79 Å². The Bertz CT molecular complexity index is 391. The summed E-state index contributed by atoms with van der Waals surface area (Å²) in [6, 6.07) is 0.490. The smallest absolute Gasteiger partial charge is 0.186 e. The maximum atomic E-state index is 11.2. The van der Waals surface area contributed by atoms with Crippen LogP contribution in [-0.4, -0.2) is 34.4 Å². The zero-order valence-electron chi connectivity index (χ0n) is 9.77. The zero-order chi connectivity index (χ0) is 11.7. The molecule has 2 atom stereocenters. The molecule has 1 aliphatic heterocycles. The van der Waals surface area contributed by atoms with Crippen LogP contribution in [-0.2, 0) is 0 Å². The number of aromatic nitrogens is 1. The molecular weight excluding hydrogens is 240 g/mol. The van der Waals surface area contributed by atoms with Crippen LogP contribution in [0.5, 0.6) is 0 Å². The summed E-state index contributed by atoms with van der Waals surface area (Å²) in [5, 5.41) is 1.61. The van der Waals surface area contributed by atoms with Gasteiger partial charge in [0.05, 0.1) is 11.1 Å². The van der Waals surface area contributed by atoms with Crippen LogP contribution in [0.15, 0.2) is 6.20 Å². The molecule has 0 amide bonds. The first-order chi connectivity index (χ1) is 7.59. The van der Waals surface area contributed by atoms with Crippen LogP contribution >= 0.6 is 23.1 Å². The number of ketones is 1. The first-order valence-corrected chi connectivity index (χ1v) is 7.31. The minimum atomic E-state index is 0.107. The van der Waals surface area contributed by atoms with E-state index in [1.54, 1.807) is 13.1 Å². The molecule has 1 fully saturated rings. The fourth-order valence-electron chi connectivity index (χ4n) is 1.76. The Labute approximate surface area is 104 Å². The number of thioether (sulfide) groups is 1. The van der Waals surface area contributed by atoms with Crippen molar-refractivity contribution in [3.8, 4) is 0 Å². The van der Waals surface area contributed by atoms with E-state index >= 15 is 0 Å². The lowest BCUT2D eigenvalue weighted by Gasteiger charge is -2.37. The van der Waals surface area contributed by atoms with Gasteiger partial charge in [-0.3, -0.25) is 4.79 Å². The Balaban J connectivity index is 2.19. The molecule has 2 heterocycles. The van der Waals surface area contributed by atoms with E-state index in [4.69, 9.17) is 0 Å². The van der Waals surface area contributed by atoms with Crippen LogP contribution in [0.1, 0.15) is 30.4 Å². The monoisotopic (exact) mass is 256 g/mol. The summed E-state index contributed by atoms with van der Waals surface area (Å²) in [7, 11) is 0. The average molecular weight is 256 g/mol. The lowest BCUT2D eigenvalue weighted by molar-refractivity contribution is 0.102. The number of carbonyl (C=O) groups is 1. The summed E-state index contributed by atoms with van der Waals surface area (Å²) in [4.78, 5) is 18.7. The summed E-state index contributed by atoms with van der Waals surface area (Å²) in [6.07, 6.45) is 1.70. The van der Waals surface area contributed by atoms with Crippen LogP contribution in [0.4, 0.5) is 5.13 Å². The highest BCUT2D eigenvalue weighted by atomic mass is 32.2. The van der Waals surface area contributed by atoms with Crippen molar-refractivity contribution >= 4 is 34.0 Å². The van der Waals surface area contributed by atoms with Gasteiger partial charge in [0.2, 0.25) is 0 Å². The van der Waals surface area contributed by atoms with E-state index < -0.39 is 0 Å². The van der Waals surface area contributed by atoms with Crippen molar-refractivity contribution in [2.45, 2.75) is 32.1 Å². The molecule has 1 saturated heterocycles. The van der Waals surface area contributed by atoms with Gasteiger partial charge in [0.1, 0.15) is 0 Å². The van der Waals surface area contributed by atoms with Gasteiger partial charge < -0.3 is 4.90 Å². The van der Waals surface area contributed by atoms with Crippen LogP contribution in [0.2, 0.25) is 0 Å². The third-order valence-corrected chi connectivity index (χ3v) is 5.44. The van der Waals surface area contributed by atoms with Gasteiger partial charge in [-0.1, -0.05) is 18.3 Å². The van der Waals surface area contributed by atoms with Gasteiger partial charge in [-0.2, -0.15) is 11.8 Å².